The quantitative estimate of drug-likeness (QED) is 0.576. The van der Waals surface area contributed by atoms with Crippen LogP contribution < -0.4 is 9.47 Å². The molecular formula is C27H37N5O5. The second-order valence-corrected chi connectivity index (χ2v) is 10.7. The van der Waals surface area contributed by atoms with E-state index in [2.05, 4.69) is 32.2 Å². The van der Waals surface area contributed by atoms with Gasteiger partial charge in [-0.25, -0.2) is 0 Å². The van der Waals surface area contributed by atoms with Crippen LogP contribution in [0.3, 0.4) is 0 Å². The average molecular weight is 512 g/mol. The maximum absolute atomic E-state index is 11.6. The van der Waals surface area contributed by atoms with Gasteiger partial charge in [-0.1, -0.05) is 5.16 Å². The largest absolute Gasteiger partial charge is 0.493 e. The van der Waals surface area contributed by atoms with Crippen LogP contribution in [0.4, 0.5) is 0 Å². The third kappa shape index (κ3) is 4.99. The number of benzene rings is 1. The van der Waals surface area contributed by atoms with Crippen molar-refractivity contribution in [3.8, 4) is 22.6 Å². The monoisotopic (exact) mass is 511 g/mol. The molecule has 1 aromatic carbocycles. The highest BCUT2D eigenvalue weighted by atomic mass is 16.7. The van der Waals surface area contributed by atoms with E-state index in [-0.39, 0.29) is 5.60 Å². The maximum Gasteiger partial charge on any atom is 0.309 e. The van der Waals surface area contributed by atoms with Gasteiger partial charge in [0, 0.05) is 51.5 Å². The number of likely N-dealkylation sites (tertiary alicyclic amines) is 2. The number of carboxylic acids is 1. The van der Waals surface area contributed by atoms with Crippen molar-refractivity contribution in [2.45, 2.75) is 52.2 Å². The topological polar surface area (TPSA) is 102 Å². The molecule has 37 heavy (non-hydrogen) atoms. The summed E-state index contributed by atoms with van der Waals surface area (Å²) in [6.45, 7) is 10.7. The van der Waals surface area contributed by atoms with Crippen molar-refractivity contribution in [2.24, 2.45) is 17.6 Å². The minimum atomic E-state index is -0.712. The van der Waals surface area contributed by atoms with Gasteiger partial charge in [-0.3, -0.25) is 14.4 Å². The van der Waals surface area contributed by atoms with E-state index in [1.165, 1.54) is 0 Å². The predicted molar refractivity (Wildman–Crippen MR) is 139 cm³/mol. The number of nitrogens with zero attached hydrogens (tertiary/aromatic N) is 5. The van der Waals surface area contributed by atoms with Crippen LogP contribution in [0, 0.1) is 5.41 Å². The second kappa shape index (κ2) is 9.89. The van der Waals surface area contributed by atoms with E-state index >= 15 is 0 Å². The molecule has 0 radical (unpaired) electrons. The van der Waals surface area contributed by atoms with Crippen LogP contribution in [-0.4, -0.2) is 81.5 Å². The highest BCUT2D eigenvalue weighted by Crippen LogP contribution is 2.42. The Kier molecular flexibility index (Phi) is 6.78. The highest BCUT2D eigenvalue weighted by Gasteiger charge is 2.51. The number of aromatic nitrogens is 2. The molecule has 4 heterocycles. The molecular weight excluding hydrogens is 474 g/mol. The lowest BCUT2D eigenvalue weighted by atomic mass is 9.80. The van der Waals surface area contributed by atoms with Crippen molar-refractivity contribution < 1.29 is 24.2 Å². The first-order valence-corrected chi connectivity index (χ1v) is 13.1. The molecule has 3 aliphatic heterocycles. The van der Waals surface area contributed by atoms with E-state index in [0.29, 0.717) is 39.1 Å². The zero-order valence-electron chi connectivity index (χ0n) is 22.2. The third-order valence-electron chi connectivity index (χ3n) is 7.72. The van der Waals surface area contributed by atoms with Gasteiger partial charge in [0.2, 0.25) is 0 Å². The number of rotatable bonds is 8. The van der Waals surface area contributed by atoms with Crippen molar-refractivity contribution in [3.63, 3.8) is 0 Å². The summed E-state index contributed by atoms with van der Waals surface area (Å²) in [6.07, 6.45) is 5.82. The molecule has 0 aliphatic carbocycles. The smallest absolute Gasteiger partial charge is 0.309 e. The molecule has 10 heteroatoms. The van der Waals surface area contributed by atoms with Crippen LogP contribution in [0.2, 0.25) is 0 Å². The molecule has 3 aliphatic rings. The Morgan fingerprint density at radius 3 is 2.32 bits per heavy atom. The van der Waals surface area contributed by atoms with Gasteiger partial charge in [0.15, 0.2) is 5.60 Å². The molecule has 200 valence electrons. The minimum Gasteiger partial charge on any atom is -0.493 e. The Bertz CT molecular complexity index is 1150. The van der Waals surface area contributed by atoms with Crippen LogP contribution in [-0.2, 0) is 23.2 Å². The normalized spacial score (nSPS) is 20.3. The number of piperidine rings is 1. The molecule has 2 saturated heterocycles. The summed E-state index contributed by atoms with van der Waals surface area (Å²) in [5.74, 6) is 1.84. The number of carbonyl (C=O) groups is 1. The molecule has 1 aromatic heterocycles. The zero-order chi connectivity index (χ0) is 26.2. The van der Waals surface area contributed by atoms with Gasteiger partial charge in [0.05, 0.1) is 36.8 Å². The molecule has 0 amide bonds. The van der Waals surface area contributed by atoms with Gasteiger partial charge in [0.25, 0.3) is 0 Å². The van der Waals surface area contributed by atoms with E-state index < -0.39 is 11.4 Å². The summed E-state index contributed by atoms with van der Waals surface area (Å²) >= 11 is 0. The van der Waals surface area contributed by atoms with E-state index in [0.717, 1.165) is 60.1 Å². The first kappa shape index (κ1) is 25.4. The number of ether oxygens (including phenoxy) is 2. The zero-order valence-corrected chi connectivity index (χ0v) is 22.2. The van der Waals surface area contributed by atoms with Crippen LogP contribution in [0.5, 0.6) is 11.5 Å². The first-order valence-electron chi connectivity index (χ1n) is 13.1. The molecule has 2 aromatic rings. The van der Waals surface area contributed by atoms with Crippen molar-refractivity contribution in [3.05, 3.63) is 30.1 Å². The number of carboxylic acid groups (broad SMARTS) is 1. The lowest BCUT2D eigenvalue weighted by molar-refractivity contribution is -0.150. The Morgan fingerprint density at radius 1 is 1.14 bits per heavy atom. The number of aliphatic carboxylic acids is 1. The number of hydrogen-bond donors (Lipinski definition) is 1. The van der Waals surface area contributed by atoms with Gasteiger partial charge in [0.1, 0.15) is 17.3 Å². The third-order valence-corrected chi connectivity index (χ3v) is 7.72. The van der Waals surface area contributed by atoms with Gasteiger partial charge in [-0.15, -0.1) is 0 Å². The maximum atomic E-state index is 11.6. The minimum absolute atomic E-state index is 0.288. The lowest BCUT2D eigenvalue weighted by Gasteiger charge is -2.45. The number of hydrogen-bond acceptors (Lipinski definition) is 8. The molecule has 0 atom stereocenters. The number of aryl methyl sites for hydroxylation is 1. The van der Waals surface area contributed by atoms with E-state index in [1.807, 2.05) is 40.2 Å². The molecule has 0 saturated carbocycles. The van der Waals surface area contributed by atoms with Crippen molar-refractivity contribution in [1.29, 1.82) is 0 Å². The van der Waals surface area contributed by atoms with E-state index in [9.17, 15) is 9.90 Å². The van der Waals surface area contributed by atoms with Crippen LogP contribution in [0.15, 0.2) is 29.7 Å². The number of oxime groups is 1. The van der Waals surface area contributed by atoms with Crippen LogP contribution >= 0.6 is 0 Å². The van der Waals surface area contributed by atoms with Crippen LogP contribution in [0.1, 0.15) is 45.6 Å². The summed E-state index contributed by atoms with van der Waals surface area (Å²) in [7, 11) is 1.90. The van der Waals surface area contributed by atoms with Crippen molar-refractivity contribution in [2.75, 3.05) is 39.4 Å². The summed E-state index contributed by atoms with van der Waals surface area (Å²) in [5, 5.41) is 18.2. The van der Waals surface area contributed by atoms with Crippen molar-refractivity contribution in [1.82, 2.24) is 19.6 Å². The first-order chi connectivity index (χ1) is 17.7. The fourth-order valence-electron chi connectivity index (χ4n) is 5.56. The SMILES string of the molecule is CCOc1cc(CN2CC3(CC(N4CCC(C)(C(=O)O)CC4)=NO3)C2)cc(OCC)c1-c1cnn(C)c1. The molecule has 0 bridgehead atoms. The Hall–Kier alpha value is -3.27. The Balaban J connectivity index is 1.23. The molecule has 1 spiro atoms. The van der Waals surface area contributed by atoms with Crippen LogP contribution in [0.25, 0.3) is 11.1 Å². The summed E-state index contributed by atoms with van der Waals surface area (Å²) in [4.78, 5) is 22.0. The summed E-state index contributed by atoms with van der Waals surface area (Å²) < 4.78 is 13.9. The van der Waals surface area contributed by atoms with Crippen molar-refractivity contribution >= 4 is 11.8 Å². The summed E-state index contributed by atoms with van der Waals surface area (Å²) in [5.41, 5.74) is 2.09. The van der Waals surface area contributed by atoms with E-state index in [4.69, 9.17) is 14.3 Å². The molecule has 5 rings (SSSR count). The second-order valence-electron chi connectivity index (χ2n) is 10.7. The Morgan fingerprint density at radius 2 is 1.78 bits per heavy atom. The highest BCUT2D eigenvalue weighted by molar-refractivity contribution is 5.85. The molecule has 2 fully saturated rings. The summed E-state index contributed by atoms with van der Waals surface area (Å²) in [6, 6.07) is 4.20. The average Bonchev–Trinajstić information content (AvgIpc) is 3.47. The Labute approximate surface area is 217 Å². The molecule has 1 N–H and O–H groups in total. The van der Waals surface area contributed by atoms with Gasteiger partial charge in [-0.2, -0.15) is 5.10 Å². The number of amidine groups is 1. The van der Waals surface area contributed by atoms with E-state index in [1.54, 1.807) is 4.68 Å². The fourth-order valence-corrected chi connectivity index (χ4v) is 5.56. The van der Waals surface area contributed by atoms with Gasteiger partial charge >= 0.3 is 5.97 Å². The predicted octanol–water partition coefficient (Wildman–Crippen LogP) is 3.36. The van der Waals surface area contributed by atoms with Gasteiger partial charge in [-0.05, 0) is 51.3 Å². The lowest BCUT2D eigenvalue weighted by Crippen LogP contribution is -2.61. The molecule has 10 nitrogen and oxygen atoms in total. The standard InChI is InChI=1S/C27H37N5O5/c1-5-35-21-11-19(12-22(36-6-2)24(21)20-14-28-30(4)16-20)15-31-17-27(18-31)13-23(29-37-27)32-9-7-26(3,8-10-32)25(33)34/h11-12,14,16H,5-10,13,15,17-18H2,1-4H3,(H,33,34). The van der Waals surface area contributed by atoms with Gasteiger partial charge < -0.3 is 24.3 Å². The fraction of sp³-hybridized carbons (Fsp3) is 0.593. The molecule has 0 unspecified atom stereocenters.